The van der Waals surface area contributed by atoms with E-state index in [0.29, 0.717) is 26.9 Å². The van der Waals surface area contributed by atoms with Crippen molar-refractivity contribution >= 4 is 46.4 Å². The van der Waals surface area contributed by atoms with Crippen LogP contribution in [0.5, 0.6) is 0 Å². The second-order valence-corrected chi connectivity index (χ2v) is 9.07. The lowest BCUT2D eigenvalue weighted by Crippen LogP contribution is -2.31. The highest BCUT2D eigenvalue weighted by Gasteiger charge is 2.32. The molecule has 4 rings (SSSR count). The van der Waals surface area contributed by atoms with Crippen LogP contribution in [0.15, 0.2) is 91.1 Å². The van der Waals surface area contributed by atoms with E-state index in [1.807, 2.05) is 0 Å². The first-order valence-corrected chi connectivity index (χ1v) is 12.0. The van der Waals surface area contributed by atoms with Crippen LogP contribution in [0.1, 0.15) is 32.0 Å². The van der Waals surface area contributed by atoms with Gasteiger partial charge in [0.2, 0.25) is 0 Å². The smallest absolute Gasteiger partial charge is 0.310 e. The Labute approximate surface area is 227 Å². The molecule has 0 saturated carbocycles. The van der Waals surface area contributed by atoms with Crippen LogP contribution in [0.25, 0.3) is 0 Å². The number of amides is 2. The maximum absolute atomic E-state index is 13.4. The summed E-state index contributed by atoms with van der Waals surface area (Å²) in [6.07, 6.45) is -3.58. The number of pyridine rings is 1. The van der Waals surface area contributed by atoms with Crippen LogP contribution in [-0.2, 0) is 12.7 Å². The van der Waals surface area contributed by atoms with Gasteiger partial charge in [0.05, 0.1) is 28.5 Å². The van der Waals surface area contributed by atoms with Crippen molar-refractivity contribution in [1.82, 2.24) is 4.98 Å². The molecule has 10 heteroatoms. The van der Waals surface area contributed by atoms with Crippen LogP contribution >= 0.6 is 23.2 Å². The minimum absolute atomic E-state index is 0.123. The first kappa shape index (κ1) is 27.2. The molecule has 0 aliphatic carbocycles. The highest BCUT2D eigenvalue weighted by atomic mass is 35.5. The van der Waals surface area contributed by atoms with E-state index in [-0.39, 0.29) is 23.7 Å². The molecule has 0 saturated heterocycles. The summed E-state index contributed by atoms with van der Waals surface area (Å²) in [5, 5.41) is 0.691. The molecule has 1 aromatic heterocycles. The molecule has 3 aromatic carbocycles. The molecule has 4 aromatic rings. The van der Waals surface area contributed by atoms with Crippen molar-refractivity contribution in [3.63, 3.8) is 0 Å². The average Bonchev–Trinajstić information content (AvgIpc) is 2.93. The lowest BCUT2D eigenvalue weighted by molar-refractivity contribution is -0.141. The summed E-state index contributed by atoms with van der Waals surface area (Å²) >= 11 is 12.6. The number of halogens is 5. The number of rotatable bonds is 6. The second-order valence-electron chi connectivity index (χ2n) is 8.28. The summed E-state index contributed by atoms with van der Waals surface area (Å²) in [5.41, 5.74) is 1.02. The van der Waals surface area contributed by atoms with E-state index >= 15 is 0 Å². The van der Waals surface area contributed by atoms with Gasteiger partial charge in [-0.15, -0.1) is 0 Å². The zero-order chi connectivity index (χ0) is 27.4. The van der Waals surface area contributed by atoms with Crippen molar-refractivity contribution in [3.05, 3.63) is 124 Å². The van der Waals surface area contributed by atoms with Gasteiger partial charge in [-0.1, -0.05) is 53.5 Å². The maximum Gasteiger partial charge on any atom is 0.433 e. The van der Waals surface area contributed by atoms with Gasteiger partial charge in [0.1, 0.15) is 5.69 Å². The molecular weight excluding hydrogens is 538 g/mol. The Morgan fingerprint density at radius 1 is 0.789 bits per heavy atom. The Bertz CT molecular complexity index is 1450. The fourth-order valence-corrected chi connectivity index (χ4v) is 4.08. The SMILES string of the molecule is CN(C(=O)c1ccc(N(Cc2cccc(Cl)c2Cl)C(=O)c2ccccc2)cc1)c1ccc(C(F)(F)F)nc1. The molecule has 38 heavy (non-hydrogen) atoms. The predicted octanol–water partition coefficient (Wildman–Crippen LogP) is 7.53. The molecule has 0 spiro atoms. The predicted molar refractivity (Wildman–Crippen MR) is 142 cm³/mol. The third-order valence-electron chi connectivity index (χ3n) is 5.78. The van der Waals surface area contributed by atoms with Gasteiger partial charge in [-0.05, 0) is 60.2 Å². The minimum Gasteiger partial charge on any atom is -0.310 e. The van der Waals surface area contributed by atoms with Gasteiger partial charge in [0.15, 0.2) is 0 Å². The fourth-order valence-electron chi connectivity index (χ4n) is 3.70. The first-order chi connectivity index (χ1) is 18.1. The third-order valence-corrected chi connectivity index (χ3v) is 6.64. The molecule has 194 valence electrons. The largest absolute Gasteiger partial charge is 0.433 e. The van der Waals surface area contributed by atoms with Gasteiger partial charge in [0.25, 0.3) is 11.8 Å². The molecule has 0 unspecified atom stereocenters. The van der Waals surface area contributed by atoms with Crippen LogP contribution in [0.3, 0.4) is 0 Å². The van der Waals surface area contributed by atoms with Crippen molar-refractivity contribution < 1.29 is 22.8 Å². The van der Waals surface area contributed by atoms with E-state index in [1.165, 1.54) is 35.0 Å². The maximum atomic E-state index is 13.4. The van der Waals surface area contributed by atoms with E-state index in [9.17, 15) is 22.8 Å². The van der Waals surface area contributed by atoms with Crippen molar-refractivity contribution in [2.24, 2.45) is 0 Å². The highest BCUT2D eigenvalue weighted by Crippen LogP contribution is 2.30. The number of carbonyl (C=O) groups excluding carboxylic acids is 2. The van der Waals surface area contributed by atoms with Gasteiger partial charge in [-0.2, -0.15) is 13.2 Å². The molecular formula is C28H20Cl2F3N3O2. The lowest BCUT2D eigenvalue weighted by Gasteiger charge is -2.24. The quantitative estimate of drug-likeness (QED) is 0.246. The normalized spacial score (nSPS) is 11.2. The number of alkyl halides is 3. The van der Waals surface area contributed by atoms with Crippen molar-refractivity contribution in [3.8, 4) is 0 Å². The minimum atomic E-state index is -4.57. The molecule has 5 nitrogen and oxygen atoms in total. The summed E-state index contributed by atoms with van der Waals surface area (Å²) in [7, 11) is 1.44. The van der Waals surface area contributed by atoms with Crippen LogP contribution in [-0.4, -0.2) is 23.8 Å². The van der Waals surface area contributed by atoms with Gasteiger partial charge in [-0.25, -0.2) is 4.98 Å². The number of anilines is 2. The summed E-state index contributed by atoms with van der Waals surface area (Å²) in [6, 6.07) is 22.2. The van der Waals surface area contributed by atoms with Crippen molar-refractivity contribution in [1.29, 1.82) is 0 Å². The lowest BCUT2D eigenvalue weighted by atomic mass is 10.1. The first-order valence-electron chi connectivity index (χ1n) is 11.3. The zero-order valence-corrected chi connectivity index (χ0v) is 21.4. The molecule has 0 aliphatic rings. The van der Waals surface area contributed by atoms with Gasteiger partial charge >= 0.3 is 6.18 Å². The number of nitrogens with zero attached hydrogens (tertiary/aromatic N) is 3. The second kappa shape index (κ2) is 11.2. The van der Waals surface area contributed by atoms with Crippen molar-refractivity contribution in [2.45, 2.75) is 12.7 Å². The van der Waals surface area contributed by atoms with Crippen molar-refractivity contribution in [2.75, 3.05) is 16.8 Å². The van der Waals surface area contributed by atoms with E-state index in [0.717, 1.165) is 12.3 Å². The van der Waals surface area contributed by atoms with E-state index < -0.39 is 17.8 Å². The Morgan fingerprint density at radius 3 is 2.03 bits per heavy atom. The summed E-state index contributed by atoms with van der Waals surface area (Å²) in [5.74, 6) is -0.745. The fraction of sp³-hybridized carbons (Fsp3) is 0.107. The number of aromatic nitrogens is 1. The highest BCUT2D eigenvalue weighted by molar-refractivity contribution is 6.42. The summed E-state index contributed by atoms with van der Waals surface area (Å²) in [6.45, 7) is 0.123. The van der Waals surface area contributed by atoms with Gasteiger partial charge in [-0.3, -0.25) is 9.59 Å². The third kappa shape index (κ3) is 5.98. The molecule has 2 amide bonds. The van der Waals surface area contributed by atoms with Crippen LogP contribution in [0.2, 0.25) is 10.0 Å². The Hall–Kier alpha value is -3.88. The number of carbonyl (C=O) groups is 2. The van der Waals surface area contributed by atoms with Crippen LogP contribution < -0.4 is 9.80 Å². The zero-order valence-electron chi connectivity index (χ0n) is 19.9. The Morgan fingerprint density at radius 2 is 1.42 bits per heavy atom. The molecule has 0 radical (unpaired) electrons. The molecule has 0 aliphatic heterocycles. The Balaban J connectivity index is 1.61. The topological polar surface area (TPSA) is 53.5 Å². The molecule has 1 heterocycles. The molecule has 0 bridgehead atoms. The summed E-state index contributed by atoms with van der Waals surface area (Å²) < 4.78 is 38.4. The molecule has 0 atom stereocenters. The number of benzene rings is 3. The Kier molecular flexibility index (Phi) is 8.04. The number of hydrogen-bond acceptors (Lipinski definition) is 3. The van der Waals surface area contributed by atoms with E-state index in [1.54, 1.807) is 60.7 Å². The average molecular weight is 558 g/mol. The van der Waals surface area contributed by atoms with Gasteiger partial charge in [0, 0.05) is 23.9 Å². The van der Waals surface area contributed by atoms with Crippen LogP contribution in [0, 0.1) is 0 Å². The summed E-state index contributed by atoms with van der Waals surface area (Å²) in [4.78, 5) is 32.6. The molecule has 0 N–H and O–H groups in total. The monoisotopic (exact) mass is 557 g/mol. The number of hydrogen-bond donors (Lipinski definition) is 0. The van der Waals surface area contributed by atoms with E-state index in [4.69, 9.17) is 23.2 Å². The van der Waals surface area contributed by atoms with Gasteiger partial charge < -0.3 is 9.80 Å². The molecule has 0 fully saturated rings. The van der Waals surface area contributed by atoms with Crippen LogP contribution in [0.4, 0.5) is 24.5 Å². The van der Waals surface area contributed by atoms with E-state index in [2.05, 4.69) is 4.98 Å². The standard InChI is InChI=1S/C28H20Cl2F3N3O2/c1-35(22-14-15-24(34-16-22)28(31,32)33)26(37)19-10-12-21(13-11-19)36(27(38)18-6-3-2-4-7-18)17-20-8-5-9-23(29)25(20)30/h2-16H,17H2,1H3.